The summed E-state index contributed by atoms with van der Waals surface area (Å²) in [6.07, 6.45) is 0.193. The zero-order valence-corrected chi connectivity index (χ0v) is 10.5. The first-order chi connectivity index (χ1) is 7.44. The molecule has 0 amide bonds. The molecule has 0 fully saturated rings. The Balaban J connectivity index is 3.05. The summed E-state index contributed by atoms with van der Waals surface area (Å²) in [6.45, 7) is 3.91. The zero-order chi connectivity index (χ0) is 12.2. The first kappa shape index (κ1) is 13.0. The minimum Gasteiger partial charge on any atom is -0.481 e. The molecular formula is C12H17O3P. The van der Waals surface area contributed by atoms with Crippen molar-refractivity contribution in [2.45, 2.75) is 13.8 Å². The van der Waals surface area contributed by atoms with Gasteiger partial charge in [0.1, 0.15) is 13.3 Å². The Labute approximate surface area is 95.9 Å². The van der Waals surface area contributed by atoms with Crippen molar-refractivity contribution in [2.75, 3.05) is 12.3 Å². The molecule has 1 aromatic carbocycles. The third-order valence-electron chi connectivity index (χ3n) is 2.28. The van der Waals surface area contributed by atoms with E-state index in [9.17, 15) is 9.36 Å². The van der Waals surface area contributed by atoms with E-state index in [1.54, 1.807) is 24.3 Å². The predicted molar refractivity (Wildman–Crippen MR) is 65.9 cm³/mol. The molecule has 1 N–H and O–H groups in total. The lowest BCUT2D eigenvalue weighted by Gasteiger charge is -2.18. The molecule has 1 unspecified atom stereocenters. The summed E-state index contributed by atoms with van der Waals surface area (Å²) in [7, 11) is -2.78. The average Bonchev–Trinajstić information content (AvgIpc) is 2.16. The summed E-state index contributed by atoms with van der Waals surface area (Å²) >= 11 is 0. The smallest absolute Gasteiger partial charge is 0.311 e. The molecule has 0 aliphatic rings. The highest BCUT2D eigenvalue weighted by Gasteiger charge is 2.28. The van der Waals surface area contributed by atoms with Crippen LogP contribution < -0.4 is 5.30 Å². The van der Waals surface area contributed by atoms with E-state index in [0.29, 0.717) is 11.5 Å². The summed E-state index contributed by atoms with van der Waals surface area (Å²) in [5.74, 6) is -0.766. The topological polar surface area (TPSA) is 54.4 Å². The molecule has 1 aromatic rings. The van der Waals surface area contributed by atoms with Crippen LogP contribution in [0.4, 0.5) is 0 Å². The molecular weight excluding hydrogens is 223 g/mol. The van der Waals surface area contributed by atoms with E-state index in [1.807, 2.05) is 19.9 Å². The Morgan fingerprint density at radius 1 is 1.31 bits per heavy atom. The average molecular weight is 240 g/mol. The van der Waals surface area contributed by atoms with Crippen molar-refractivity contribution < 1.29 is 14.5 Å². The van der Waals surface area contributed by atoms with Crippen molar-refractivity contribution >= 4 is 18.4 Å². The fourth-order valence-electron chi connectivity index (χ4n) is 1.77. The SMILES string of the molecule is CC(C)CP(=O)(CC(=O)O)c1ccccc1. The highest BCUT2D eigenvalue weighted by Crippen LogP contribution is 2.45. The number of rotatable bonds is 5. The third-order valence-corrected chi connectivity index (χ3v) is 5.62. The van der Waals surface area contributed by atoms with Gasteiger partial charge in [-0.2, -0.15) is 0 Å². The van der Waals surface area contributed by atoms with Crippen molar-refractivity contribution in [3.05, 3.63) is 30.3 Å². The number of hydrogen-bond donors (Lipinski definition) is 1. The maximum Gasteiger partial charge on any atom is 0.311 e. The lowest BCUT2D eigenvalue weighted by molar-refractivity contribution is -0.134. The van der Waals surface area contributed by atoms with Crippen molar-refractivity contribution in [3.63, 3.8) is 0 Å². The third kappa shape index (κ3) is 3.49. The summed E-state index contributed by atoms with van der Waals surface area (Å²) in [6, 6.07) is 8.94. The Morgan fingerprint density at radius 3 is 2.31 bits per heavy atom. The lowest BCUT2D eigenvalue weighted by atomic mass is 10.3. The van der Waals surface area contributed by atoms with E-state index >= 15 is 0 Å². The largest absolute Gasteiger partial charge is 0.481 e. The van der Waals surface area contributed by atoms with Gasteiger partial charge in [0.15, 0.2) is 0 Å². The molecule has 0 heterocycles. The van der Waals surface area contributed by atoms with Gasteiger partial charge in [-0.15, -0.1) is 0 Å². The molecule has 1 atom stereocenters. The molecule has 0 saturated carbocycles. The van der Waals surface area contributed by atoms with Crippen molar-refractivity contribution in [2.24, 2.45) is 5.92 Å². The van der Waals surface area contributed by atoms with Gasteiger partial charge in [0, 0.05) is 11.5 Å². The predicted octanol–water partition coefficient (Wildman–Crippen LogP) is 2.42. The molecule has 0 aliphatic heterocycles. The number of carboxylic acid groups (broad SMARTS) is 1. The highest BCUT2D eigenvalue weighted by atomic mass is 31.2. The van der Waals surface area contributed by atoms with E-state index in [4.69, 9.17) is 5.11 Å². The quantitative estimate of drug-likeness (QED) is 0.804. The molecule has 0 bridgehead atoms. The number of aliphatic carboxylic acids is 1. The Hall–Kier alpha value is -1.08. The van der Waals surface area contributed by atoms with Gasteiger partial charge in [0.2, 0.25) is 0 Å². The molecule has 4 heteroatoms. The summed E-state index contributed by atoms with van der Waals surface area (Å²) in [5, 5.41) is 9.52. The van der Waals surface area contributed by atoms with Gasteiger partial charge < -0.3 is 9.67 Å². The maximum atomic E-state index is 12.7. The van der Waals surface area contributed by atoms with Crippen LogP contribution in [0.15, 0.2) is 30.3 Å². The fraction of sp³-hybridized carbons (Fsp3) is 0.417. The van der Waals surface area contributed by atoms with E-state index < -0.39 is 13.1 Å². The van der Waals surface area contributed by atoms with Crippen LogP contribution >= 0.6 is 7.14 Å². The van der Waals surface area contributed by atoms with Crippen molar-refractivity contribution in [3.8, 4) is 0 Å². The lowest BCUT2D eigenvalue weighted by Crippen LogP contribution is -2.18. The van der Waals surface area contributed by atoms with Crippen LogP contribution in [-0.4, -0.2) is 23.4 Å². The summed E-state index contributed by atoms with van der Waals surface area (Å²) in [5.41, 5.74) is 0. The van der Waals surface area contributed by atoms with Crippen LogP contribution in [-0.2, 0) is 9.36 Å². The number of benzene rings is 1. The molecule has 3 nitrogen and oxygen atoms in total. The molecule has 0 saturated heterocycles. The number of carbonyl (C=O) groups is 1. The van der Waals surface area contributed by atoms with Crippen LogP contribution in [0.5, 0.6) is 0 Å². The first-order valence-electron chi connectivity index (χ1n) is 5.29. The maximum absolute atomic E-state index is 12.7. The molecule has 0 radical (unpaired) electrons. The van der Waals surface area contributed by atoms with Gasteiger partial charge in [-0.1, -0.05) is 44.2 Å². The van der Waals surface area contributed by atoms with E-state index in [-0.39, 0.29) is 12.1 Å². The van der Waals surface area contributed by atoms with E-state index in [1.165, 1.54) is 0 Å². The molecule has 16 heavy (non-hydrogen) atoms. The van der Waals surface area contributed by atoms with Gasteiger partial charge in [0.25, 0.3) is 0 Å². The minimum absolute atomic E-state index is 0.227. The van der Waals surface area contributed by atoms with E-state index in [0.717, 1.165) is 0 Å². The van der Waals surface area contributed by atoms with Gasteiger partial charge in [-0.05, 0) is 5.92 Å². The van der Waals surface area contributed by atoms with Crippen molar-refractivity contribution in [1.29, 1.82) is 0 Å². The molecule has 0 spiro atoms. The van der Waals surface area contributed by atoms with Gasteiger partial charge >= 0.3 is 5.97 Å². The summed E-state index contributed by atoms with van der Waals surface area (Å²) < 4.78 is 12.7. The fourth-order valence-corrected chi connectivity index (χ4v) is 4.62. The van der Waals surface area contributed by atoms with E-state index in [2.05, 4.69) is 0 Å². The summed E-state index contributed by atoms with van der Waals surface area (Å²) in [4.78, 5) is 10.8. The highest BCUT2D eigenvalue weighted by molar-refractivity contribution is 7.72. The van der Waals surface area contributed by atoms with Crippen LogP contribution in [0.25, 0.3) is 0 Å². The van der Waals surface area contributed by atoms with Crippen molar-refractivity contribution in [1.82, 2.24) is 0 Å². The zero-order valence-electron chi connectivity index (χ0n) is 9.59. The Bertz CT molecular complexity index is 398. The van der Waals surface area contributed by atoms with Gasteiger partial charge in [0.05, 0.1) is 0 Å². The number of carboxylic acids is 1. The molecule has 1 rings (SSSR count). The van der Waals surface area contributed by atoms with Crippen LogP contribution in [0.2, 0.25) is 0 Å². The molecule has 88 valence electrons. The molecule has 0 aliphatic carbocycles. The Kier molecular flexibility index (Phi) is 4.31. The van der Waals surface area contributed by atoms with Crippen LogP contribution in [0, 0.1) is 5.92 Å². The van der Waals surface area contributed by atoms with Crippen LogP contribution in [0.1, 0.15) is 13.8 Å². The monoisotopic (exact) mass is 240 g/mol. The van der Waals surface area contributed by atoms with Gasteiger partial charge in [-0.3, -0.25) is 4.79 Å². The first-order valence-corrected chi connectivity index (χ1v) is 7.37. The minimum atomic E-state index is -2.78. The van der Waals surface area contributed by atoms with Crippen LogP contribution in [0.3, 0.4) is 0 Å². The normalized spacial score (nSPS) is 14.7. The molecule has 0 aromatic heterocycles. The van der Waals surface area contributed by atoms with Gasteiger partial charge in [-0.25, -0.2) is 0 Å². The second-order valence-corrected chi connectivity index (χ2v) is 7.33. The number of hydrogen-bond acceptors (Lipinski definition) is 2. The Morgan fingerprint density at radius 2 is 1.88 bits per heavy atom. The second-order valence-electron chi connectivity index (χ2n) is 4.35. The second kappa shape index (κ2) is 5.31. The standard InChI is InChI=1S/C12H17O3P/c1-10(2)8-16(15,9-12(13)14)11-6-4-3-5-7-11/h3-7,10H,8-9H2,1-2H3,(H,13,14).